The summed E-state index contributed by atoms with van der Waals surface area (Å²) in [5.41, 5.74) is 0. The van der Waals surface area contributed by atoms with Gasteiger partial charge in [0.1, 0.15) is 0 Å². The first-order chi connectivity index (χ1) is 4.31. The van der Waals surface area contributed by atoms with Crippen LogP contribution in [-0.2, 0) is 4.79 Å². The topological polar surface area (TPSA) is 17.1 Å². The Morgan fingerprint density at radius 3 is 2.67 bits per heavy atom. The Balaban J connectivity index is 3.10. The maximum Gasteiger partial charge on any atom is 0.205 e. The van der Waals surface area contributed by atoms with Crippen LogP contribution in [0.4, 0.5) is 0 Å². The number of carbonyl (C=O) groups is 1. The minimum absolute atomic E-state index is 0.125. The molecule has 0 aliphatic heterocycles. The molecule has 0 heterocycles. The van der Waals surface area contributed by atoms with Gasteiger partial charge in [-0.1, -0.05) is 0 Å². The van der Waals surface area contributed by atoms with E-state index in [4.69, 9.17) is 18.0 Å². The van der Waals surface area contributed by atoms with Gasteiger partial charge in [-0.15, -0.1) is 18.0 Å². The Kier molecular flexibility index (Phi) is 5.35. The van der Waals surface area contributed by atoms with E-state index in [9.17, 15) is 4.79 Å². The highest BCUT2D eigenvalue weighted by Crippen LogP contribution is 1.96. The number of alkyl halides is 1. The number of hydrogen-bond donors (Lipinski definition) is 0. The number of terminal acetylenes is 1. The van der Waals surface area contributed by atoms with E-state index in [0.717, 1.165) is 12.8 Å². The maximum absolute atomic E-state index is 10.4. The van der Waals surface area contributed by atoms with Crippen molar-refractivity contribution >= 4 is 17.4 Å². The molecule has 0 spiro atoms. The summed E-state index contributed by atoms with van der Waals surface area (Å²) in [6.45, 7) is 0. The van der Waals surface area contributed by atoms with Crippen LogP contribution in [-0.4, -0.2) is 11.7 Å². The van der Waals surface area contributed by atoms with Gasteiger partial charge in [-0.3, -0.25) is 4.79 Å². The lowest BCUT2D eigenvalue weighted by atomic mass is 10.2. The molecular weight excluding hydrogens is 136 g/mol. The molecule has 0 aromatic heterocycles. The highest BCUT2D eigenvalue weighted by Gasteiger charge is 1.93. The van der Waals surface area contributed by atoms with E-state index in [-0.39, 0.29) is 5.78 Å². The molecule has 0 aromatic carbocycles. The lowest BCUT2D eigenvalue weighted by molar-refractivity contribution is -0.113. The predicted octanol–water partition coefficient (Wildman–Crippen LogP) is 1.60. The standard InChI is InChI=1S/C7H9ClO/c1-2-7(9)5-3-4-6-8/h1H,3-6H2. The van der Waals surface area contributed by atoms with Gasteiger partial charge < -0.3 is 0 Å². The molecular formula is C7H9ClO. The molecule has 9 heavy (non-hydrogen) atoms. The van der Waals surface area contributed by atoms with E-state index in [0.29, 0.717) is 12.3 Å². The minimum Gasteiger partial charge on any atom is -0.285 e. The monoisotopic (exact) mass is 144 g/mol. The molecule has 0 aromatic rings. The van der Waals surface area contributed by atoms with Gasteiger partial charge >= 0.3 is 0 Å². The van der Waals surface area contributed by atoms with Gasteiger partial charge in [0.05, 0.1) is 0 Å². The van der Waals surface area contributed by atoms with E-state index >= 15 is 0 Å². The van der Waals surface area contributed by atoms with Gasteiger partial charge in [0.25, 0.3) is 0 Å². The van der Waals surface area contributed by atoms with Gasteiger partial charge in [0.15, 0.2) is 0 Å². The van der Waals surface area contributed by atoms with Crippen LogP contribution in [0.25, 0.3) is 0 Å². The van der Waals surface area contributed by atoms with Crippen LogP contribution in [0, 0.1) is 12.3 Å². The molecule has 0 atom stereocenters. The molecule has 0 amide bonds. The summed E-state index contributed by atoms with van der Waals surface area (Å²) < 4.78 is 0. The van der Waals surface area contributed by atoms with Gasteiger partial charge in [0.2, 0.25) is 5.78 Å². The maximum atomic E-state index is 10.4. The number of carbonyl (C=O) groups excluding carboxylic acids is 1. The van der Waals surface area contributed by atoms with Gasteiger partial charge in [0, 0.05) is 12.3 Å². The van der Waals surface area contributed by atoms with Crippen LogP contribution in [0.5, 0.6) is 0 Å². The Hall–Kier alpha value is -0.480. The Morgan fingerprint density at radius 1 is 1.56 bits per heavy atom. The average Bonchev–Trinajstić information content (AvgIpc) is 1.89. The second-order valence-corrected chi connectivity index (χ2v) is 2.09. The molecule has 0 N–H and O–H groups in total. The highest BCUT2D eigenvalue weighted by molar-refractivity contribution is 6.17. The first-order valence-electron chi connectivity index (χ1n) is 2.86. The third-order valence-electron chi connectivity index (χ3n) is 0.948. The quantitative estimate of drug-likeness (QED) is 0.254. The molecule has 0 unspecified atom stereocenters. The number of unbranched alkanes of at least 4 members (excludes halogenated alkanes) is 1. The van der Waals surface area contributed by atoms with Crippen molar-refractivity contribution in [1.82, 2.24) is 0 Å². The minimum atomic E-state index is -0.125. The van der Waals surface area contributed by atoms with Crippen molar-refractivity contribution in [1.29, 1.82) is 0 Å². The van der Waals surface area contributed by atoms with Crippen molar-refractivity contribution in [3.05, 3.63) is 0 Å². The molecule has 0 radical (unpaired) electrons. The van der Waals surface area contributed by atoms with E-state index in [1.807, 2.05) is 5.92 Å². The fourth-order valence-corrected chi connectivity index (χ4v) is 0.641. The van der Waals surface area contributed by atoms with Gasteiger partial charge in [-0.2, -0.15) is 0 Å². The summed E-state index contributed by atoms with van der Waals surface area (Å²) in [5.74, 6) is 2.53. The van der Waals surface area contributed by atoms with Crippen LogP contribution in [0.15, 0.2) is 0 Å². The Labute approximate surface area is 60.4 Å². The van der Waals surface area contributed by atoms with E-state index in [1.165, 1.54) is 0 Å². The lowest BCUT2D eigenvalue weighted by Gasteiger charge is -1.89. The molecule has 0 saturated carbocycles. The summed E-state index contributed by atoms with van der Waals surface area (Å²) in [6.07, 6.45) is 6.98. The van der Waals surface area contributed by atoms with Crippen molar-refractivity contribution in [3.63, 3.8) is 0 Å². The zero-order chi connectivity index (χ0) is 7.11. The van der Waals surface area contributed by atoms with Crippen LogP contribution in [0.1, 0.15) is 19.3 Å². The summed E-state index contributed by atoms with van der Waals surface area (Å²) >= 11 is 5.37. The van der Waals surface area contributed by atoms with Crippen LogP contribution < -0.4 is 0 Å². The Bertz CT molecular complexity index is 123. The zero-order valence-electron chi connectivity index (χ0n) is 5.19. The third-order valence-corrected chi connectivity index (χ3v) is 1.22. The first-order valence-corrected chi connectivity index (χ1v) is 3.40. The summed E-state index contributed by atoms with van der Waals surface area (Å²) in [6, 6.07) is 0. The van der Waals surface area contributed by atoms with E-state index < -0.39 is 0 Å². The normalized spacial score (nSPS) is 8.44. The number of halogens is 1. The molecule has 2 heteroatoms. The largest absolute Gasteiger partial charge is 0.285 e. The molecule has 0 rings (SSSR count). The van der Waals surface area contributed by atoms with Crippen molar-refractivity contribution in [2.75, 3.05) is 5.88 Å². The molecule has 0 aliphatic carbocycles. The molecule has 1 nitrogen and oxygen atoms in total. The summed E-state index contributed by atoms with van der Waals surface area (Å²) in [4.78, 5) is 10.4. The van der Waals surface area contributed by atoms with Gasteiger partial charge in [-0.25, -0.2) is 0 Å². The van der Waals surface area contributed by atoms with Crippen LogP contribution >= 0.6 is 11.6 Å². The SMILES string of the molecule is C#CC(=O)CCCCCl. The Morgan fingerprint density at radius 2 is 2.22 bits per heavy atom. The number of rotatable bonds is 4. The number of Topliss-reactive ketones (excluding diaryl/α,β-unsaturated/α-hetero) is 1. The molecule has 0 fully saturated rings. The fraction of sp³-hybridized carbons (Fsp3) is 0.571. The fourth-order valence-electron chi connectivity index (χ4n) is 0.452. The van der Waals surface area contributed by atoms with E-state index in [1.54, 1.807) is 0 Å². The second-order valence-electron chi connectivity index (χ2n) is 1.71. The van der Waals surface area contributed by atoms with Crippen molar-refractivity contribution < 1.29 is 4.79 Å². The van der Waals surface area contributed by atoms with Crippen molar-refractivity contribution in [3.8, 4) is 12.3 Å². The van der Waals surface area contributed by atoms with E-state index in [2.05, 4.69) is 0 Å². The zero-order valence-corrected chi connectivity index (χ0v) is 5.95. The summed E-state index contributed by atoms with van der Waals surface area (Å²) in [7, 11) is 0. The van der Waals surface area contributed by atoms with Crippen molar-refractivity contribution in [2.24, 2.45) is 0 Å². The molecule has 0 aliphatic rings. The number of ketones is 1. The van der Waals surface area contributed by atoms with Crippen molar-refractivity contribution in [2.45, 2.75) is 19.3 Å². The summed E-state index contributed by atoms with van der Waals surface area (Å²) in [5, 5.41) is 0. The third kappa shape index (κ3) is 5.39. The van der Waals surface area contributed by atoms with Crippen LogP contribution in [0.2, 0.25) is 0 Å². The smallest absolute Gasteiger partial charge is 0.205 e. The average molecular weight is 145 g/mol. The lowest BCUT2D eigenvalue weighted by Crippen LogP contribution is -1.91. The van der Waals surface area contributed by atoms with Gasteiger partial charge in [-0.05, 0) is 18.8 Å². The second kappa shape index (κ2) is 5.65. The molecule has 0 saturated heterocycles. The van der Waals surface area contributed by atoms with Crippen LogP contribution in [0.3, 0.4) is 0 Å². The molecule has 50 valence electrons. The highest BCUT2D eigenvalue weighted by atomic mass is 35.5. The first kappa shape index (κ1) is 8.52. The molecule has 0 bridgehead atoms. The predicted molar refractivity (Wildman–Crippen MR) is 38.4 cm³/mol. The number of hydrogen-bond acceptors (Lipinski definition) is 1.